The number of ether oxygens (including phenoxy) is 1. The summed E-state index contributed by atoms with van der Waals surface area (Å²) in [6.07, 6.45) is 4.38. The van der Waals surface area contributed by atoms with E-state index in [0.717, 1.165) is 43.4 Å². The molecule has 0 aliphatic carbocycles. The number of thiazole rings is 2. The molecule has 3 atom stereocenters. The first-order chi connectivity index (χ1) is 19.3. The highest BCUT2D eigenvalue weighted by Gasteiger charge is 2.69. The molecule has 1 fully saturated rings. The van der Waals surface area contributed by atoms with Gasteiger partial charge in [0.25, 0.3) is 0 Å². The minimum Gasteiger partial charge on any atom is -0.466 e. The molecule has 6 heterocycles. The highest BCUT2D eigenvalue weighted by Crippen LogP contribution is 2.65. The van der Waals surface area contributed by atoms with Crippen molar-refractivity contribution in [1.29, 1.82) is 0 Å². The van der Waals surface area contributed by atoms with Crippen LogP contribution >= 0.6 is 34.0 Å². The first-order valence-electron chi connectivity index (χ1n) is 12.8. The van der Waals surface area contributed by atoms with Gasteiger partial charge in [-0.15, -0.1) is 34.0 Å². The maximum Gasteiger partial charge on any atom is 0.196 e. The third-order valence-electron chi connectivity index (χ3n) is 7.74. The van der Waals surface area contributed by atoms with Crippen molar-refractivity contribution < 1.29 is 13.6 Å². The Balaban J connectivity index is 1.56. The van der Waals surface area contributed by atoms with E-state index in [-0.39, 0.29) is 5.92 Å². The summed E-state index contributed by atoms with van der Waals surface area (Å²) in [5, 5.41) is 6.95. The second kappa shape index (κ2) is 8.99. The first-order valence-corrected chi connectivity index (χ1v) is 15.3. The predicted molar refractivity (Wildman–Crippen MR) is 156 cm³/mol. The fourth-order valence-corrected chi connectivity index (χ4v) is 9.25. The van der Waals surface area contributed by atoms with E-state index in [9.17, 15) is 0 Å². The molecule has 3 unspecified atom stereocenters. The summed E-state index contributed by atoms with van der Waals surface area (Å²) < 4.78 is 21.4. The van der Waals surface area contributed by atoms with Gasteiger partial charge >= 0.3 is 0 Å². The normalized spacial score (nSPS) is 23.5. The molecular weight excluding hydrogens is 545 g/mol. The van der Waals surface area contributed by atoms with E-state index in [1.54, 1.807) is 40.3 Å². The van der Waals surface area contributed by atoms with Gasteiger partial charge < -0.3 is 13.6 Å². The second-order valence-electron chi connectivity index (χ2n) is 9.64. The van der Waals surface area contributed by atoms with Crippen LogP contribution in [0.1, 0.15) is 38.8 Å². The topological polar surface area (TPSA) is 61.3 Å². The summed E-state index contributed by atoms with van der Waals surface area (Å²) in [5.74, 6) is 1.49. The summed E-state index contributed by atoms with van der Waals surface area (Å²) in [7, 11) is 0. The van der Waals surface area contributed by atoms with Gasteiger partial charge in [0.15, 0.2) is 5.60 Å². The minimum absolute atomic E-state index is 0.00456. The zero-order valence-electron chi connectivity index (χ0n) is 20.7. The summed E-state index contributed by atoms with van der Waals surface area (Å²) in [6.45, 7) is 0.534. The number of furan rings is 2. The molecule has 8 rings (SSSR count). The molecule has 8 heteroatoms. The van der Waals surface area contributed by atoms with Crippen LogP contribution < -0.4 is 0 Å². The third-order valence-corrected chi connectivity index (χ3v) is 10.8. The SMILES string of the molecule is c1coc(C2(c3nc4ccccc4s3)OCCC(c3cccs3)C2(c2cc3ccccc3o2)c2nccs2)c1. The molecule has 1 saturated heterocycles. The Morgan fingerprint density at radius 1 is 0.846 bits per heavy atom. The van der Waals surface area contributed by atoms with E-state index in [2.05, 4.69) is 41.8 Å². The van der Waals surface area contributed by atoms with Crippen molar-refractivity contribution in [3.63, 3.8) is 0 Å². The Labute approximate surface area is 236 Å². The minimum atomic E-state index is -1.13. The quantitative estimate of drug-likeness (QED) is 0.209. The number of nitrogens with zero attached hydrogens (tertiary/aromatic N) is 2. The van der Waals surface area contributed by atoms with Gasteiger partial charge in [0.05, 0.1) is 16.5 Å². The summed E-state index contributed by atoms with van der Waals surface area (Å²) in [5.41, 5.74) is -0.257. The van der Waals surface area contributed by atoms with Crippen molar-refractivity contribution in [1.82, 2.24) is 9.97 Å². The number of para-hydroxylation sites is 2. The molecule has 0 spiro atoms. The van der Waals surface area contributed by atoms with Gasteiger partial charge in [-0.2, -0.15) is 0 Å². The van der Waals surface area contributed by atoms with Gasteiger partial charge in [-0.25, -0.2) is 9.97 Å². The highest BCUT2D eigenvalue weighted by molar-refractivity contribution is 7.18. The summed E-state index contributed by atoms with van der Waals surface area (Å²) in [4.78, 5) is 11.5. The first kappa shape index (κ1) is 23.3. The van der Waals surface area contributed by atoms with Crippen LogP contribution in [-0.2, 0) is 15.8 Å². The van der Waals surface area contributed by atoms with Crippen LogP contribution in [0.4, 0.5) is 0 Å². The molecule has 5 aromatic heterocycles. The Kier molecular flexibility index (Phi) is 5.38. The van der Waals surface area contributed by atoms with Gasteiger partial charge in [-0.3, -0.25) is 0 Å². The molecule has 0 bridgehead atoms. The van der Waals surface area contributed by atoms with Crippen molar-refractivity contribution in [3.8, 4) is 0 Å². The molecule has 192 valence electrons. The number of rotatable bonds is 5. The number of aromatic nitrogens is 2. The molecular formula is C31H22N2O3S3. The second-order valence-corrected chi connectivity index (χ2v) is 12.5. The van der Waals surface area contributed by atoms with Crippen LogP contribution in [0.2, 0.25) is 0 Å². The number of fused-ring (bicyclic) bond motifs is 2. The fraction of sp³-hybridized carbons (Fsp3) is 0.161. The number of thiophene rings is 1. The monoisotopic (exact) mass is 566 g/mol. The molecule has 0 radical (unpaired) electrons. The number of benzene rings is 2. The molecule has 0 N–H and O–H groups in total. The average molecular weight is 567 g/mol. The third kappa shape index (κ3) is 3.26. The zero-order valence-corrected chi connectivity index (χ0v) is 23.1. The summed E-state index contributed by atoms with van der Waals surface area (Å²) in [6, 6.07) is 26.8. The number of hydrogen-bond acceptors (Lipinski definition) is 8. The van der Waals surface area contributed by atoms with Crippen LogP contribution in [-0.4, -0.2) is 16.6 Å². The molecule has 0 amide bonds. The van der Waals surface area contributed by atoms with E-state index < -0.39 is 11.0 Å². The van der Waals surface area contributed by atoms with Gasteiger partial charge in [-0.05, 0) is 54.3 Å². The molecule has 7 aromatic rings. The molecule has 5 nitrogen and oxygen atoms in total. The Morgan fingerprint density at radius 3 is 2.56 bits per heavy atom. The maximum atomic E-state index is 7.11. The molecule has 1 aliphatic heterocycles. The maximum absolute atomic E-state index is 7.11. The van der Waals surface area contributed by atoms with Gasteiger partial charge in [0, 0.05) is 34.4 Å². The van der Waals surface area contributed by atoms with Gasteiger partial charge in [0.2, 0.25) is 0 Å². The van der Waals surface area contributed by atoms with Gasteiger partial charge in [-0.1, -0.05) is 36.4 Å². The lowest BCUT2D eigenvalue weighted by Crippen LogP contribution is -2.58. The van der Waals surface area contributed by atoms with Crippen molar-refractivity contribution in [2.45, 2.75) is 23.4 Å². The van der Waals surface area contributed by atoms with Crippen LogP contribution in [0.5, 0.6) is 0 Å². The van der Waals surface area contributed by atoms with Crippen LogP contribution in [0.15, 0.2) is 111 Å². The van der Waals surface area contributed by atoms with E-state index >= 15 is 0 Å². The van der Waals surface area contributed by atoms with E-state index in [0.29, 0.717) is 12.4 Å². The smallest absolute Gasteiger partial charge is 0.196 e. The van der Waals surface area contributed by atoms with E-state index in [1.165, 1.54) is 4.88 Å². The lowest BCUT2D eigenvalue weighted by atomic mass is 9.58. The molecule has 1 aliphatic rings. The van der Waals surface area contributed by atoms with Crippen molar-refractivity contribution in [2.75, 3.05) is 6.61 Å². The van der Waals surface area contributed by atoms with E-state index in [4.69, 9.17) is 23.5 Å². The standard InChI is InChI=1S/C31H22N2O3S3/c1-3-9-23-20(7-1)19-27(36-23)30(28-32-14-18-38-28)21(24-11-6-17-37-24)13-16-35-31(30,26-12-5-15-34-26)29-33-22-8-2-4-10-25(22)39-29/h1-12,14-15,17-19,21H,13,16H2. The Hall–Kier alpha value is -3.56. The predicted octanol–water partition coefficient (Wildman–Crippen LogP) is 8.59. The Morgan fingerprint density at radius 2 is 1.77 bits per heavy atom. The highest BCUT2D eigenvalue weighted by atomic mass is 32.1. The molecule has 39 heavy (non-hydrogen) atoms. The molecule has 0 saturated carbocycles. The lowest BCUT2D eigenvalue weighted by Gasteiger charge is -2.52. The van der Waals surface area contributed by atoms with E-state index in [1.807, 2.05) is 54.0 Å². The zero-order chi connectivity index (χ0) is 25.9. The summed E-state index contributed by atoms with van der Waals surface area (Å²) >= 11 is 5.03. The van der Waals surface area contributed by atoms with Crippen LogP contribution in [0.3, 0.4) is 0 Å². The number of hydrogen-bond donors (Lipinski definition) is 0. The van der Waals surface area contributed by atoms with Gasteiger partial charge in [0.1, 0.15) is 32.5 Å². The Bertz CT molecular complexity index is 1800. The largest absolute Gasteiger partial charge is 0.466 e. The van der Waals surface area contributed by atoms with Crippen LogP contribution in [0, 0.1) is 0 Å². The van der Waals surface area contributed by atoms with Crippen LogP contribution in [0.25, 0.3) is 21.2 Å². The lowest BCUT2D eigenvalue weighted by molar-refractivity contribution is -0.127. The molecule has 2 aromatic carbocycles. The average Bonchev–Trinajstić information content (AvgIpc) is 3.82. The fourth-order valence-electron chi connectivity index (χ4n) is 6.20. The van der Waals surface area contributed by atoms with Crippen molar-refractivity contribution >= 4 is 55.2 Å². The van der Waals surface area contributed by atoms with Crippen molar-refractivity contribution in [2.24, 2.45) is 0 Å². The van der Waals surface area contributed by atoms with Crippen molar-refractivity contribution in [3.05, 3.63) is 128 Å².